The largest absolute Gasteiger partial charge is 0.472 e. The van der Waals surface area contributed by atoms with Gasteiger partial charge in [-0.15, -0.1) is 0 Å². The van der Waals surface area contributed by atoms with Gasteiger partial charge in [-0.2, -0.15) is 0 Å². The van der Waals surface area contributed by atoms with Crippen LogP contribution in [0.15, 0.2) is 0 Å². The average Bonchev–Trinajstić information content (AvgIpc) is 0.914. The fourth-order valence-corrected chi connectivity index (χ4v) is 14.0. The lowest BCUT2D eigenvalue weighted by Crippen LogP contribution is -2.30. The highest BCUT2D eigenvalue weighted by Crippen LogP contribution is 2.45. The zero-order valence-corrected chi connectivity index (χ0v) is 67.5. The first-order valence-corrected chi connectivity index (χ1v) is 44.9. The van der Waals surface area contributed by atoms with Crippen molar-refractivity contribution in [3.63, 3.8) is 0 Å². The third-order valence-electron chi connectivity index (χ3n) is 19.2. The molecule has 19 heteroatoms. The Bertz CT molecular complexity index is 1940. The van der Waals surface area contributed by atoms with Crippen molar-refractivity contribution in [2.75, 3.05) is 39.6 Å². The maximum Gasteiger partial charge on any atom is 0.472 e. The number of aliphatic hydroxyl groups excluding tert-OH is 1. The third-order valence-corrected chi connectivity index (χ3v) is 21.1. The molecular weight excluding hydrogens is 1310 g/mol. The number of ether oxygens (including phenoxy) is 4. The van der Waals surface area contributed by atoms with E-state index in [1.807, 2.05) is 0 Å². The van der Waals surface area contributed by atoms with Crippen LogP contribution >= 0.6 is 15.6 Å². The Hall–Kier alpha value is -1.94. The summed E-state index contributed by atoms with van der Waals surface area (Å²) in [5.74, 6) is 0.302. The van der Waals surface area contributed by atoms with Gasteiger partial charge in [0.15, 0.2) is 12.2 Å². The fraction of sp³-hybridized carbons (Fsp3) is 0.951. The minimum absolute atomic E-state index is 0.106. The Kier molecular flexibility index (Phi) is 69.9. The monoisotopic (exact) mass is 1470 g/mol. The zero-order chi connectivity index (χ0) is 73.7. The van der Waals surface area contributed by atoms with Gasteiger partial charge < -0.3 is 33.8 Å². The standard InChI is InChI=1S/C81H158O17P2/c1-8-10-11-12-13-31-41-48-55-62-78(83)91-68-76(98-81(86)65-58-51-44-37-30-29-33-39-46-53-60-73(5)6)70-95-99(87,88)93-66-75(82)67-94-100(89,90)96-71-77(69-92-79(84)63-56-49-42-35-27-24-20-21-25-32-38-45-52-59-72(3)4)97-80(85)64-57-50-43-36-28-23-19-17-15-14-16-18-22-26-34-40-47-54-61-74(7)9-2/h72-77,82H,8-71H2,1-7H3,(H,87,88)(H,89,90)/t74?,75-,76+,77+/m0/s1. The van der Waals surface area contributed by atoms with E-state index in [0.717, 1.165) is 108 Å². The van der Waals surface area contributed by atoms with Gasteiger partial charge in [-0.1, -0.05) is 370 Å². The number of phosphoric acid groups is 2. The number of aliphatic hydroxyl groups is 1. The van der Waals surface area contributed by atoms with Crippen molar-refractivity contribution in [1.29, 1.82) is 0 Å². The first-order chi connectivity index (χ1) is 48.3. The molecule has 0 aromatic rings. The van der Waals surface area contributed by atoms with Gasteiger partial charge in [-0.3, -0.25) is 37.3 Å². The number of esters is 4. The molecule has 0 aliphatic heterocycles. The first-order valence-electron chi connectivity index (χ1n) is 41.9. The molecule has 0 spiro atoms. The number of phosphoric ester groups is 2. The van der Waals surface area contributed by atoms with E-state index in [2.05, 4.69) is 48.5 Å². The Morgan fingerprint density at radius 1 is 0.290 bits per heavy atom. The summed E-state index contributed by atoms with van der Waals surface area (Å²) in [6.07, 6.45) is 59.7. The molecule has 0 aliphatic rings. The molecule has 17 nitrogen and oxygen atoms in total. The fourth-order valence-electron chi connectivity index (χ4n) is 12.5. The van der Waals surface area contributed by atoms with Crippen LogP contribution in [-0.2, 0) is 65.4 Å². The molecule has 0 heterocycles. The first kappa shape index (κ1) is 98.1. The highest BCUT2D eigenvalue weighted by molar-refractivity contribution is 7.47. The normalized spacial score (nSPS) is 14.2. The van der Waals surface area contributed by atoms with Gasteiger partial charge in [-0.25, -0.2) is 9.13 Å². The van der Waals surface area contributed by atoms with E-state index < -0.39 is 97.5 Å². The molecule has 0 aromatic carbocycles. The summed E-state index contributed by atoms with van der Waals surface area (Å²) in [5.41, 5.74) is 0. The van der Waals surface area contributed by atoms with Crippen molar-refractivity contribution < 1.29 is 80.2 Å². The van der Waals surface area contributed by atoms with Crippen molar-refractivity contribution in [2.24, 2.45) is 17.8 Å². The topological polar surface area (TPSA) is 237 Å². The molecule has 0 aromatic heterocycles. The Morgan fingerprint density at radius 3 is 0.760 bits per heavy atom. The van der Waals surface area contributed by atoms with Crippen molar-refractivity contribution >= 4 is 39.5 Å². The molecule has 594 valence electrons. The number of carbonyl (C=O) groups is 4. The number of carbonyl (C=O) groups excluding carboxylic acids is 4. The van der Waals surface area contributed by atoms with Crippen molar-refractivity contribution in [1.82, 2.24) is 0 Å². The van der Waals surface area contributed by atoms with Crippen LogP contribution < -0.4 is 0 Å². The maximum atomic E-state index is 13.1. The molecule has 0 saturated carbocycles. The van der Waals surface area contributed by atoms with Gasteiger partial charge in [0.1, 0.15) is 19.3 Å². The second kappa shape index (κ2) is 71.3. The molecule has 6 atom stereocenters. The number of rotatable bonds is 79. The lowest BCUT2D eigenvalue weighted by molar-refractivity contribution is -0.161. The number of hydrogen-bond acceptors (Lipinski definition) is 15. The Labute approximate surface area is 613 Å². The van der Waals surface area contributed by atoms with Crippen LogP contribution in [0.4, 0.5) is 0 Å². The van der Waals surface area contributed by atoms with Gasteiger partial charge in [0.05, 0.1) is 26.4 Å². The summed E-state index contributed by atoms with van der Waals surface area (Å²) in [6, 6.07) is 0. The zero-order valence-electron chi connectivity index (χ0n) is 65.7. The summed E-state index contributed by atoms with van der Waals surface area (Å²) in [4.78, 5) is 72.9. The van der Waals surface area contributed by atoms with Gasteiger partial charge in [0, 0.05) is 25.7 Å². The SMILES string of the molecule is CCCCCCCCCCCC(=O)OC[C@H](COP(=O)(O)OC[C@H](O)COP(=O)(O)OC[C@@H](COC(=O)CCCCCCCCCCCCCCCC(C)C)OC(=O)CCCCCCCCCCCCCCCCCCCCC(C)CC)OC(=O)CCCCCCCCCCCCC(C)C. The van der Waals surface area contributed by atoms with E-state index in [1.54, 1.807) is 0 Å². The molecule has 0 fully saturated rings. The summed E-state index contributed by atoms with van der Waals surface area (Å²) in [6.45, 7) is 12.0. The van der Waals surface area contributed by atoms with Crippen molar-refractivity contribution in [2.45, 2.75) is 439 Å². The molecular formula is C81H158O17P2. The van der Waals surface area contributed by atoms with Gasteiger partial charge in [0.25, 0.3) is 0 Å². The van der Waals surface area contributed by atoms with E-state index in [4.69, 9.17) is 37.0 Å². The van der Waals surface area contributed by atoms with E-state index in [-0.39, 0.29) is 25.7 Å². The summed E-state index contributed by atoms with van der Waals surface area (Å²) >= 11 is 0. The van der Waals surface area contributed by atoms with Crippen LogP contribution in [0, 0.1) is 17.8 Å². The molecule has 0 bridgehead atoms. The van der Waals surface area contributed by atoms with Crippen LogP contribution in [0.3, 0.4) is 0 Å². The smallest absolute Gasteiger partial charge is 0.462 e. The highest BCUT2D eigenvalue weighted by atomic mass is 31.2. The van der Waals surface area contributed by atoms with Gasteiger partial charge in [-0.05, 0) is 43.4 Å². The molecule has 0 rings (SSSR count). The van der Waals surface area contributed by atoms with Crippen LogP contribution in [0.2, 0.25) is 0 Å². The van der Waals surface area contributed by atoms with Gasteiger partial charge >= 0.3 is 39.5 Å². The highest BCUT2D eigenvalue weighted by Gasteiger charge is 2.30. The predicted molar refractivity (Wildman–Crippen MR) is 409 cm³/mol. The second-order valence-electron chi connectivity index (χ2n) is 30.4. The van der Waals surface area contributed by atoms with Gasteiger partial charge in [0.2, 0.25) is 0 Å². The third kappa shape index (κ3) is 73.0. The summed E-state index contributed by atoms with van der Waals surface area (Å²) in [5, 5.41) is 10.6. The average molecular weight is 1470 g/mol. The molecule has 0 radical (unpaired) electrons. The summed E-state index contributed by atoms with van der Waals surface area (Å²) in [7, 11) is -9.92. The Morgan fingerprint density at radius 2 is 0.510 bits per heavy atom. The minimum Gasteiger partial charge on any atom is -0.462 e. The molecule has 3 unspecified atom stereocenters. The van der Waals surface area contributed by atoms with Crippen molar-refractivity contribution in [3.05, 3.63) is 0 Å². The number of hydrogen-bond donors (Lipinski definition) is 3. The minimum atomic E-state index is -4.96. The molecule has 100 heavy (non-hydrogen) atoms. The lowest BCUT2D eigenvalue weighted by atomic mass is 9.99. The lowest BCUT2D eigenvalue weighted by Gasteiger charge is -2.21. The van der Waals surface area contributed by atoms with E-state index in [1.165, 1.54) is 231 Å². The number of unbranched alkanes of at least 4 members (excludes halogenated alkanes) is 46. The predicted octanol–water partition coefficient (Wildman–Crippen LogP) is 24.1. The van der Waals surface area contributed by atoms with Crippen LogP contribution in [0.1, 0.15) is 421 Å². The molecule has 0 saturated heterocycles. The quantitative estimate of drug-likeness (QED) is 0.0222. The van der Waals surface area contributed by atoms with E-state index in [9.17, 15) is 43.2 Å². The molecule has 3 N–H and O–H groups in total. The van der Waals surface area contributed by atoms with E-state index >= 15 is 0 Å². The van der Waals surface area contributed by atoms with Crippen LogP contribution in [0.25, 0.3) is 0 Å². The molecule has 0 amide bonds. The second-order valence-corrected chi connectivity index (χ2v) is 33.3. The maximum absolute atomic E-state index is 13.1. The van der Waals surface area contributed by atoms with Crippen LogP contribution in [0.5, 0.6) is 0 Å². The van der Waals surface area contributed by atoms with Crippen molar-refractivity contribution in [3.8, 4) is 0 Å². The Balaban J connectivity index is 5.20. The molecule has 0 aliphatic carbocycles. The summed E-state index contributed by atoms with van der Waals surface area (Å²) < 4.78 is 68.7. The van der Waals surface area contributed by atoms with Crippen LogP contribution in [-0.4, -0.2) is 96.7 Å². The van der Waals surface area contributed by atoms with E-state index in [0.29, 0.717) is 25.7 Å².